The van der Waals surface area contributed by atoms with Crippen molar-refractivity contribution in [3.05, 3.63) is 17.7 Å². The minimum absolute atomic E-state index is 0.280. The fourth-order valence-electron chi connectivity index (χ4n) is 2.11. The summed E-state index contributed by atoms with van der Waals surface area (Å²) in [5.74, 6) is -0.436. The van der Waals surface area contributed by atoms with Gasteiger partial charge in [-0.2, -0.15) is 0 Å². The van der Waals surface area contributed by atoms with E-state index in [1.807, 2.05) is 6.07 Å². The van der Waals surface area contributed by atoms with Gasteiger partial charge in [-0.15, -0.1) is 0 Å². The molecule has 0 amide bonds. The van der Waals surface area contributed by atoms with Crippen LogP contribution in [0, 0.1) is 0 Å². The molecular formula is C13H19N3O3. The van der Waals surface area contributed by atoms with Crippen LogP contribution in [-0.4, -0.2) is 38.9 Å². The molecule has 0 aromatic heterocycles. The van der Waals surface area contributed by atoms with E-state index in [0.717, 1.165) is 18.8 Å². The summed E-state index contributed by atoms with van der Waals surface area (Å²) in [5, 5.41) is 0. The largest absolute Gasteiger partial charge is 0.462 e. The number of anilines is 3. The molecule has 0 bridgehead atoms. The summed E-state index contributed by atoms with van der Waals surface area (Å²) in [6.07, 6.45) is 0. The molecule has 0 radical (unpaired) electrons. The van der Waals surface area contributed by atoms with E-state index in [-0.39, 0.29) is 5.69 Å². The molecule has 0 aliphatic carbocycles. The summed E-state index contributed by atoms with van der Waals surface area (Å²) in [4.78, 5) is 14.1. The van der Waals surface area contributed by atoms with E-state index in [9.17, 15) is 4.79 Å². The topological polar surface area (TPSA) is 90.8 Å². The molecule has 0 atom stereocenters. The second-order valence-corrected chi connectivity index (χ2v) is 4.28. The molecule has 1 aromatic carbocycles. The molecule has 1 aliphatic heterocycles. The van der Waals surface area contributed by atoms with Gasteiger partial charge in [0.2, 0.25) is 0 Å². The number of hydrogen-bond acceptors (Lipinski definition) is 6. The summed E-state index contributed by atoms with van der Waals surface area (Å²) in [6.45, 7) is 4.76. The van der Waals surface area contributed by atoms with Gasteiger partial charge in [-0.05, 0) is 19.1 Å². The smallest absolute Gasteiger partial charge is 0.342 e. The molecule has 104 valence electrons. The molecule has 1 heterocycles. The van der Waals surface area contributed by atoms with Gasteiger partial charge in [0.25, 0.3) is 0 Å². The third-order valence-electron chi connectivity index (χ3n) is 3.09. The highest BCUT2D eigenvalue weighted by Gasteiger charge is 2.23. The van der Waals surface area contributed by atoms with Crippen molar-refractivity contribution < 1.29 is 14.3 Å². The fraction of sp³-hybridized carbons (Fsp3) is 0.462. The van der Waals surface area contributed by atoms with Crippen molar-refractivity contribution in [1.82, 2.24) is 0 Å². The second-order valence-electron chi connectivity index (χ2n) is 4.28. The van der Waals surface area contributed by atoms with Crippen molar-refractivity contribution in [2.45, 2.75) is 6.92 Å². The number of hydrogen-bond donors (Lipinski definition) is 2. The van der Waals surface area contributed by atoms with Crippen molar-refractivity contribution in [3.8, 4) is 0 Å². The van der Waals surface area contributed by atoms with Gasteiger partial charge in [0.1, 0.15) is 5.56 Å². The maximum Gasteiger partial charge on any atom is 0.342 e. The van der Waals surface area contributed by atoms with Crippen molar-refractivity contribution in [2.24, 2.45) is 0 Å². The van der Waals surface area contributed by atoms with Crippen LogP contribution in [0.5, 0.6) is 0 Å². The zero-order valence-corrected chi connectivity index (χ0v) is 11.0. The summed E-state index contributed by atoms with van der Waals surface area (Å²) in [5.41, 5.74) is 13.5. The number of esters is 1. The lowest BCUT2D eigenvalue weighted by Gasteiger charge is -2.30. The number of nitrogens with two attached hydrogens (primary N) is 2. The van der Waals surface area contributed by atoms with Gasteiger partial charge in [-0.25, -0.2) is 4.79 Å². The number of benzene rings is 1. The minimum Gasteiger partial charge on any atom is -0.462 e. The van der Waals surface area contributed by atoms with E-state index in [2.05, 4.69) is 4.90 Å². The van der Waals surface area contributed by atoms with Crippen molar-refractivity contribution >= 4 is 23.0 Å². The maximum atomic E-state index is 12.1. The predicted octanol–water partition coefficient (Wildman–Crippen LogP) is 0.864. The Bertz CT molecular complexity index is 470. The zero-order chi connectivity index (χ0) is 13.8. The van der Waals surface area contributed by atoms with Crippen LogP contribution >= 0.6 is 0 Å². The first-order valence-electron chi connectivity index (χ1n) is 6.33. The lowest BCUT2D eigenvalue weighted by atomic mass is 10.1. The van der Waals surface area contributed by atoms with Crippen LogP contribution in [0.2, 0.25) is 0 Å². The van der Waals surface area contributed by atoms with E-state index >= 15 is 0 Å². The van der Waals surface area contributed by atoms with E-state index in [1.165, 1.54) is 0 Å². The number of carbonyl (C=O) groups excluding carboxylic acids is 1. The molecule has 0 spiro atoms. The molecule has 4 N–H and O–H groups in total. The number of ether oxygens (including phenoxy) is 2. The first-order chi connectivity index (χ1) is 9.15. The molecule has 1 aromatic rings. The fourth-order valence-corrected chi connectivity index (χ4v) is 2.11. The Kier molecular flexibility index (Phi) is 4.11. The van der Waals surface area contributed by atoms with Crippen LogP contribution in [0.3, 0.4) is 0 Å². The third kappa shape index (κ3) is 2.73. The predicted molar refractivity (Wildman–Crippen MR) is 74.3 cm³/mol. The molecule has 6 heteroatoms. The van der Waals surface area contributed by atoms with E-state index in [0.29, 0.717) is 31.1 Å². The SMILES string of the molecule is CCOC(=O)c1c(N2CCOCC2)ccc(N)c1N. The van der Waals surface area contributed by atoms with Crippen molar-refractivity contribution in [2.75, 3.05) is 49.3 Å². The summed E-state index contributed by atoms with van der Waals surface area (Å²) < 4.78 is 10.4. The van der Waals surface area contributed by atoms with E-state index in [1.54, 1.807) is 13.0 Å². The maximum absolute atomic E-state index is 12.1. The normalized spacial score (nSPS) is 15.3. The highest BCUT2D eigenvalue weighted by molar-refractivity contribution is 6.04. The van der Waals surface area contributed by atoms with Crippen LogP contribution < -0.4 is 16.4 Å². The van der Waals surface area contributed by atoms with Crippen LogP contribution in [0.25, 0.3) is 0 Å². The quantitative estimate of drug-likeness (QED) is 0.622. The lowest BCUT2D eigenvalue weighted by Crippen LogP contribution is -2.37. The highest BCUT2D eigenvalue weighted by atomic mass is 16.5. The van der Waals surface area contributed by atoms with Gasteiger partial charge in [0, 0.05) is 13.1 Å². The number of rotatable bonds is 3. The minimum atomic E-state index is -0.436. The Balaban J connectivity index is 2.41. The lowest BCUT2D eigenvalue weighted by molar-refractivity contribution is 0.0527. The van der Waals surface area contributed by atoms with Gasteiger partial charge in [0.05, 0.1) is 36.9 Å². The second kappa shape index (κ2) is 5.79. The van der Waals surface area contributed by atoms with Gasteiger partial charge in [-0.3, -0.25) is 0 Å². The van der Waals surface area contributed by atoms with E-state index in [4.69, 9.17) is 20.9 Å². The number of morpholine rings is 1. The average Bonchev–Trinajstić information content (AvgIpc) is 2.42. The van der Waals surface area contributed by atoms with Gasteiger partial charge in [-0.1, -0.05) is 0 Å². The Labute approximate surface area is 112 Å². The van der Waals surface area contributed by atoms with Crippen LogP contribution in [0.15, 0.2) is 12.1 Å². The molecule has 2 rings (SSSR count). The third-order valence-corrected chi connectivity index (χ3v) is 3.09. The Morgan fingerprint density at radius 3 is 2.68 bits per heavy atom. The first-order valence-corrected chi connectivity index (χ1v) is 6.33. The van der Waals surface area contributed by atoms with Gasteiger partial charge < -0.3 is 25.8 Å². The monoisotopic (exact) mass is 265 g/mol. The van der Waals surface area contributed by atoms with Crippen LogP contribution in [0.1, 0.15) is 17.3 Å². The van der Waals surface area contributed by atoms with Crippen molar-refractivity contribution in [3.63, 3.8) is 0 Å². The molecule has 19 heavy (non-hydrogen) atoms. The molecule has 1 aliphatic rings. The van der Waals surface area contributed by atoms with Gasteiger partial charge >= 0.3 is 5.97 Å². The molecule has 1 fully saturated rings. The average molecular weight is 265 g/mol. The van der Waals surface area contributed by atoms with Crippen LogP contribution in [0.4, 0.5) is 17.1 Å². The van der Waals surface area contributed by atoms with Gasteiger partial charge in [0.15, 0.2) is 0 Å². The highest BCUT2D eigenvalue weighted by Crippen LogP contribution is 2.31. The molecule has 6 nitrogen and oxygen atoms in total. The Morgan fingerprint density at radius 2 is 2.05 bits per heavy atom. The molecule has 0 unspecified atom stereocenters. The standard InChI is InChI=1S/C13H19N3O3/c1-2-19-13(17)11-10(4-3-9(14)12(11)15)16-5-7-18-8-6-16/h3-4H,2,5-8,14-15H2,1H3. The summed E-state index contributed by atoms with van der Waals surface area (Å²) in [7, 11) is 0. The zero-order valence-electron chi connectivity index (χ0n) is 11.0. The Hall–Kier alpha value is -1.95. The number of nitrogen functional groups attached to an aromatic ring is 2. The molecular weight excluding hydrogens is 246 g/mol. The number of carbonyl (C=O) groups is 1. The Morgan fingerprint density at radius 1 is 1.37 bits per heavy atom. The molecule has 1 saturated heterocycles. The first kappa shape index (κ1) is 13.5. The summed E-state index contributed by atoms with van der Waals surface area (Å²) in [6, 6.07) is 3.52. The number of nitrogens with zero attached hydrogens (tertiary/aromatic N) is 1. The molecule has 0 saturated carbocycles. The summed E-state index contributed by atoms with van der Waals surface area (Å²) >= 11 is 0. The van der Waals surface area contributed by atoms with E-state index < -0.39 is 5.97 Å². The van der Waals surface area contributed by atoms with Crippen molar-refractivity contribution in [1.29, 1.82) is 0 Å². The van der Waals surface area contributed by atoms with Crippen LogP contribution in [-0.2, 0) is 9.47 Å².